The largest absolute Gasteiger partial charge is 0.494 e. The number of aromatic nitrogens is 1. The normalized spacial score (nSPS) is 10.5. The Labute approximate surface area is 176 Å². The number of benzene rings is 2. The van der Waals surface area contributed by atoms with Crippen LogP contribution in [-0.4, -0.2) is 24.0 Å². The lowest BCUT2D eigenvalue weighted by atomic mass is 10.2. The van der Waals surface area contributed by atoms with Gasteiger partial charge < -0.3 is 10.1 Å². The highest BCUT2D eigenvalue weighted by molar-refractivity contribution is 7.98. The average molecular weight is 407 g/mol. The molecule has 0 aliphatic carbocycles. The highest BCUT2D eigenvalue weighted by Crippen LogP contribution is 2.22. The fourth-order valence-corrected chi connectivity index (χ4v) is 3.54. The predicted octanol–water partition coefficient (Wildman–Crippen LogP) is 5.27. The zero-order valence-corrected chi connectivity index (χ0v) is 17.5. The van der Waals surface area contributed by atoms with Crippen molar-refractivity contribution in [2.24, 2.45) is 0 Å². The van der Waals surface area contributed by atoms with E-state index in [1.165, 1.54) is 11.1 Å². The number of carbonyl (C=O) groups is 1. The summed E-state index contributed by atoms with van der Waals surface area (Å²) in [5.41, 5.74) is 3.09. The highest BCUT2D eigenvalue weighted by Gasteiger charge is 2.05. The summed E-state index contributed by atoms with van der Waals surface area (Å²) in [6, 6.07) is 19.8. The minimum Gasteiger partial charge on any atom is -0.494 e. The molecule has 3 aromatic rings. The second-order valence-corrected chi connectivity index (χ2v) is 7.85. The first-order chi connectivity index (χ1) is 14.2. The first-order valence-corrected chi connectivity index (χ1v) is 10.8. The van der Waals surface area contributed by atoms with Crippen LogP contribution >= 0.6 is 11.8 Å². The van der Waals surface area contributed by atoms with Crippen LogP contribution in [0.25, 0.3) is 0 Å². The number of nitrogens with one attached hydrogen (secondary N) is 1. The molecular formula is C24H26N2O2S. The fourth-order valence-electron chi connectivity index (χ4n) is 2.71. The molecule has 0 unspecified atom stereocenters. The summed E-state index contributed by atoms with van der Waals surface area (Å²) in [6.07, 6.45) is 5.44. The van der Waals surface area contributed by atoms with E-state index in [-0.39, 0.29) is 5.91 Å². The smallest absolute Gasteiger partial charge is 0.251 e. The number of hydrogen-bond acceptors (Lipinski definition) is 4. The van der Waals surface area contributed by atoms with Crippen LogP contribution in [0.2, 0.25) is 0 Å². The number of aryl methyl sites for hydroxylation is 1. The van der Waals surface area contributed by atoms with E-state index in [2.05, 4.69) is 23.3 Å². The lowest BCUT2D eigenvalue weighted by molar-refractivity contribution is 0.0952. The summed E-state index contributed by atoms with van der Waals surface area (Å²) in [4.78, 5) is 17.5. The van der Waals surface area contributed by atoms with Crippen molar-refractivity contribution in [2.45, 2.75) is 30.4 Å². The van der Waals surface area contributed by atoms with Gasteiger partial charge in [-0.2, -0.15) is 0 Å². The number of nitrogens with zero attached hydrogens (tertiary/aromatic N) is 1. The summed E-state index contributed by atoms with van der Waals surface area (Å²) in [6.45, 7) is 3.36. The molecule has 0 aliphatic rings. The van der Waals surface area contributed by atoms with Crippen LogP contribution < -0.4 is 10.1 Å². The standard InChI is InChI=1S/C24H26N2O2S/c1-19-6-10-22(11-7-19)28-16-3-2-15-26-24(27)21-8-12-23(13-9-21)29-18-20-5-4-14-25-17-20/h4-14,17H,2-3,15-16,18H2,1H3,(H,26,27). The van der Waals surface area contributed by atoms with E-state index in [0.29, 0.717) is 18.7 Å². The van der Waals surface area contributed by atoms with Crippen molar-refractivity contribution in [3.63, 3.8) is 0 Å². The average Bonchev–Trinajstić information content (AvgIpc) is 2.77. The Balaban J connectivity index is 1.32. The third-order valence-electron chi connectivity index (χ3n) is 4.39. The van der Waals surface area contributed by atoms with Crippen molar-refractivity contribution >= 4 is 17.7 Å². The topological polar surface area (TPSA) is 51.2 Å². The maximum atomic E-state index is 12.3. The van der Waals surface area contributed by atoms with Crippen LogP contribution in [0, 0.1) is 6.92 Å². The quantitative estimate of drug-likeness (QED) is 0.368. The number of ether oxygens (including phenoxy) is 1. The number of thioether (sulfide) groups is 1. The van der Waals surface area contributed by atoms with Gasteiger partial charge in [0.1, 0.15) is 5.75 Å². The van der Waals surface area contributed by atoms with E-state index in [4.69, 9.17) is 4.74 Å². The third-order valence-corrected chi connectivity index (χ3v) is 5.47. The van der Waals surface area contributed by atoms with Gasteiger partial charge in [0.2, 0.25) is 0 Å². The Hall–Kier alpha value is -2.79. The van der Waals surface area contributed by atoms with E-state index in [1.54, 1.807) is 18.0 Å². The molecule has 0 spiro atoms. The van der Waals surface area contributed by atoms with Gasteiger partial charge in [-0.1, -0.05) is 23.8 Å². The Morgan fingerprint density at radius 1 is 1.03 bits per heavy atom. The van der Waals surface area contributed by atoms with Gasteiger partial charge in [0, 0.05) is 35.2 Å². The number of rotatable bonds is 10. The minimum absolute atomic E-state index is 0.0340. The van der Waals surface area contributed by atoms with Gasteiger partial charge in [-0.05, 0) is 67.8 Å². The molecule has 1 heterocycles. The molecule has 3 rings (SSSR count). The molecule has 2 aromatic carbocycles. The molecule has 0 saturated heterocycles. The predicted molar refractivity (Wildman–Crippen MR) is 118 cm³/mol. The van der Waals surface area contributed by atoms with E-state index >= 15 is 0 Å². The van der Waals surface area contributed by atoms with Crippen molar-refractivity contribution in [1.82, 2.24) is 10.3 Å². The zero-order chi connectivity index (χ0) is 20.3. The van der Waals surface area contributed by atoms with Gasteiger partial charge in [-0.25, -0.2) is 0 Å². The second kappa shape index (κ2) is 11.3. The number of unbranched alkanes of at least 4 members (excludes halogenated alkanes) is 1. The van der Waals surface area contributed by atoms with Gasteiger partial charge in [0.05, 0.1) is 6.61 Å². The molecule has 150 valence electrons. The lowest BCUT2D eigenvalue weighted by Crippen LogP contribution is -2.24. The SMILES string of the molecule is Cc1ccc(OCCCCNC(=O)c2ccc(SCc3cccnc3)cc2)cc1. The summed E-state index contributed by atoms with van der Waals surface area (Å²) in [7, 11) is 0. The Morgan fingerprint density at radius 2 is 1.83 bits per heavy atom. The second-order valence-electron chi connectivity index (χ2n) is 6.80. The van der Waals surface area contributed by atoms with Crippen LogP contribution in [0.1, 0.15) is 34.3 Å². The molecule has 0 radical (unpaired) electrons. The Morgan fingerprint density at radius 3 is 2.55 bits per heavy atom. The summed E-state index contributed by atoms with van der Waals surface area (Å²) >= 11 is 1.73. The monoisotopic (exact) mass is 406 g/mol. The molecule has 0 fully saturated rings. The summed E-state index contributed by atoms with van der Waals surface area (Å²) < 4.78 is 5.70. The van der Waals surface area contributed by atoms with E-state index < -0.39 is 0 Å². The van der Waals surface area contributed by atoms with Crippen LogP contribution in [-0.2, 0) is 5.75 Å². The van der Waals surface area contributed by atoms with Crippen LogP contribution in [0.4, 0.5) is 0 Å². The molecule has 1 aromatic heterocycles. The minimum atomic E-state index is -0.0340. The van der Waals surface area contributed by atoms with Gasteiger partial charge in [-0.3, -0.25) is 9.78 Å². The highest BCUT2D eigenvalue weighted by atomic mass is 32.2. The summed E-state index contributed by atoms with van der Waals surface area (Å²) in [5, 5.41) is 2.97. The molecule has 5 heteroatoms. The molecule has 1 N–H and O–H groups in total. The number of amides is 1. The zero-order valence-electron chi connectivity index (χ0n) is 16.6. The third kappa shape index (κ3) is 7.27. The fraction of sp³-hybridized carbons (Fsp3) is 0.250. The van der Waals surface area contributed by atoms with Crippen molar-refractivity contribution in [2.75, 3.05) is 13.2 Å². The van der Waals surface area contributed by atoms with Crippen molar-refractivity contribution in [3.8, 4) is 5.75 Å². The van der Waals surface area contributed by atoms with Crippen LogP contribution in [0.3, 0.4) is 0 Å². The number of hydrogen-bond donors (Lipinski definition) is 1. The van der Waals surface area contributed by atoms with Gasteiger partial charge in [0.15, 0.2) is 0 Å². The number of carbonyl (C=O) groups excluding carboxylic acids is 1. The maximum Gasteiger partial charge on any atom is 0.251 e. The summed E-state index contributed by atoms with van der Waals surface area (Å²) in [5.74, 6) is 1.72. The van der Waals surface area contributed by atoms with E-state index in [1.807, 2.05) is 60.8 Å². The van der Waals surface area contributed by atoms with Crippen molar-refractivity contribution < 1.29 is 9.53 Å². The van der Waals surface area contributed by atoms with Crippen LogP contribution in [0.15, 0.2) is 78.0 Å². The Bertz CT molecular complexity index is 881. The van der Waals surface area contributed by atoms with E-state index in [9.17, 15) is 4.79 Å². The lowest BCUT2D eigenvalue weighted by Gasteiger charge is -2.08. The molecule has 1 amide bonds. The first kappa shape index (κ1) is 20.9. The molecule has 0 atom stereocenters. The van der Waals surface area contributed by atoms with Gasteiger partial charge >= 0.3 is 0 Å². The van der Waals surface area contributed by atoms with Crippen LogP contribution in [0.5, 0.6) is 5.75 Å². The first-order valence-electron chi connectivity index (χ1n) is 9.80. The molecule has 4 nitrogen and oxygen atoms in total. The molecule has 0 aliphatic heterocycles. The van der Waals surface area contributed by atoms with Gasteiger partial charge in [0.25, 0.3) is 5.91 Å². The van der Waals surface area contributed by atoms with E-state index in [0.717, 1.165) is 29.2 Å². The number of pyridine rings is 1. The molecule has 0 bridgehead atoms. The maximum absolute atomic E-state index is 12.3. The Kier molecular flexibility index (Phi) is 8.13. The molecular weight excluding hydrogens is 380 g/mol. The molecule has 29 heavy (non-hydrogen) atoms. The van der Waals surface area contributed by atoms with Crippen molar-refractivity contribution in [1.29, 1.82) is 0 Å². The van der Waals surface area contributed by atoms with Gasteiger partial charge in [-0.15, -0.1) is 11.8 Å². The van der Waals surface area contributed by atoms with Crippen molar-refractivity contribution in [3.05, 3.63) is 89.7 Å². The molecule has 0 saturated carbocycles.